The molecule has 4 heteroatoms. The molecular formula is C9H12O4. The van der Waals surface area contributed by atoms with Crippen LogP contribution in [0.3, 0.4) is 0 Å². The zero-order valence-electron chi connectivity index (χ0n) is 7.66. The topological polar surface area (TPSA) is 63.6 Å². The van der Waals surface area contributed by atoms with Crippen molar-refractivity contribution in [3.05, 3.63) is 0 Å². The Hall–Kier alpha value is -1.34. The molecule has 0 fully saturated rings. The molecule has 72 valence electrons. The summed E-state index contributed by atoms with van der Waals surface area (Å²) in [6.07, 6.45) is 0.0998. The van der Waals surface area contributed by atoms with Crippen molar-refractivity contribution < 1.29 is 19.4 Å². The van der Waals surface area contributed by atoms with Crippen LogP contribution < -0.4 is 0 Å². The van der Waals surface area contributed by atoms with Crippen LogP contribution in [0.15, 0.2) is 0 Å². The Labute approximate surface area is 76.9 Å². The minimum Gasteiger partial charge on any atom is -0.468 e. The predicted octanol–water partition coefficient (Wildman–Crippen LogP) is -0.250. The molecule has 0 saturated carbocycles. The van der Waals surface area contributed by atoms with Gasteiger partial charge in [0.1, 0.15) is 18.3 Å². The fourth-order valence-corrected chi connectivity index (χ4v) is 0.765. The second-order valence-corrected chi connectivity index (χ2v) is 2.40. The molecule has 13 heavy (non-hydrogen) atoms. The van der Waals surface area contributed by atoms with Gasteiger partial charge in [0, 0.05) is 6.42 Å². The van der Waals surface area contributed by atoms with E-state index < -0.39 is 11.9 Å². The molecule has 0 rings (SSSR count). The summed E-state index contributed by atoms with van der Waals surface area (Å²) < 4.78 is 4.41. The SMILES string of the molecule is COC(=O)C(CC#CCO)C(C)=O. The lowest BCUT2D eigenvalue weighted by molar-refractivity contribution is -0.148. The number of esters is 1. The van der Waals surface area contributed by atoms with Crippen molar-refractivity contribution in [3.8, 4) is 11.8 Å². The Morgan fingerprint density at radius 1 is 1.46 bits per heavy atom. The first kappa shape index (κ1) is 11.7. The Kier molecular flexibility index (Phi) is 5.57. The fraction of sp³-hybridized carbons (Fsp3) is 0.556. The largest absolute Gasteiger partial charge is 0.468 e. The molecule has 0 amide bonds. The van der Waals surface area contributed by atoms with E-state index in [4.69, 9.17) is 5.11 Å². The van der Waals surface area contributed by atoms with Crippen LogP contribution in [0.1, 0.15) is 13.3 Å². The van der Waals surface area contributed by atoms with E-state index in [1.54, 1.807) is 0 Å². The summed E-state index contributed by atoms with van der Waals surface area (Å²) in [6.45, 7) is 1.04. The molecule has 0 aromatic heterocycles. The highest BCUT2D eigenvalue weighted by atomic mass is 16.5. The number of hydrogen-bond donors (Lipinski definition) is 1. The summed E-state index contributed by atoms with van der Waals surface area (Å²) in [5.74, 6) is 3.18. The lowest BCUT2D eigenvalue weighted by Gasteiger charge is -2.06. The molecule has 1 atom stereocenters. The van der Waals surface area contributed by atoms with E-state index in [1.165, 1.54) is 14.0 Å². The van der Waals surface area contributed by atoms with Crippen LogP contribution in [-0.2, 0) is 14.3 Å². The van der Waals surface area contributed by atoms with Crippen LogP contribution in [0.2, 0.25) is 0 Å². The third kappa shape index (κ3) is 4.28. The second kappa shape index (κ2) is 6.21. The predicted molar refractivity (Wildman–Crippen MR) is 45.7 cm³/mol. The maximum atomic E-state index is 11.0. The summed E-state index contributed by atoms with van der Waals surface area (Å²) >= 11 is 0. The van der Waals surface area contributed by atoms with Gasteiger partial charge in [-0.2, -0.15) is 0 Å². The molecule has 1 unspecified atom stereocenters. The number of hydrogen-bond acceptors (Lipinski definition) is 4. The summed E-state index contributed by atoms with van der Waals surface area (Å²) in [4.78, 5) is 21.9. The Morgan fingerprint density at radius 2 is 2.08 bits per heavy atom. The Balaban J connectivity index is 4.27. The molecule has 0 aliphatic heterocycles. The maximum Gasteiger partial charge on any atom is 0.317 e. The lowest BCUT2D eigenvalue weighted by Crippen LogP contribution is -2.22. The summed E-state index contributed by atoms with van der Waals surface area (Å²) in [7, 11) is 1.22. The van der Waals surface area contributed by atoms with Crippen molar-refractivity contribution in [2.45, 2.75) is 13.3 Å². The van der Waals surface area contributed by atoms with E-state index >= 15 is 0 Å². The summed E-state index contributed by atoms with van der Waals surface area (Å²) in [5, 5.41) is 8.34. The highest BCUT2D eigenvalue weighted by molar-refractivity contribution is 5.97. The van der Waals surface area contributed by atoms with E-state index in [0.29, 0.717) is 0 Å². The van der Waals surface area contributed by atoms with Gasteiger partial charge in [0.25, 0.3) is 0 Å². The fourth-order valence-electron chi connectivity index (χ4n) is 0.765. The summed E-state index contributed by atoms with van der Waals surface area (Å²) in [6, 6.07) is 0. The minimum absolute atomic E-state index is 0.0998. The van der Waals surface area contributed by atoms with Crippen LogP contribution in [0.4, 0.5) is 0 Å². The summed E-state index contributed by atoms with van der Waals surface area (Å²) in [5.41, 5.74) is 0. The monoisotopic (exact) mass is 184 g/mol. The number of methoxy groups -OCH3 is 1. The smallest absolute Gasteiger partial charge is 0.317 e. The second-order valence-electron chi connectivity index (χ2n) is 2.40. The number of carbonyl (C=O) groups is 2. The third-order valence-corrected chi connectivity index (χ3v) is 1.49. The molecule has 0 aromatic rings. The molecule has 0 radical (unpaired) electrons. The quantitative estimate of drug-likeness (QED) is 0.373. The van der Waals surface area contributed by atoms with Crippen LogP contribution >= 0.6 is 0 Å². The van der Waals surface area contributed by atoms with Gasteiger partial charge in [-0.15, -0.1) is 0 Å². The van der Waals surface area contributed by atoms with Crippen molar-refractivity contribution in [2.24, 2.45) is 5.92 Å². The zero-order chi connectivity index (χ0) is 10.3. The number of ether oxygens (including phenoxy) is 1. The number of aliphatic hydroxyl groups is 1. The molecule has 0 spiro atoms. The van der Waals surface area contributed by atoms with Crippen molar-refractivity contribution in [1.29, 1.82) is 0 Å². The van der Waals surface area contributed by atoms with Gasteiger partial charge < -0.3 is 9.84 Å². The van der Waals surface area contributed by atoms with Crippen molar-refractivity contribution >= 4 is 11.8 Å². The van der Waals surface area contributed by atoms with Gasteiger partial charge in [0.05, 0.1) is 7.11 Å². The average molecular weight is 184 g/mol. The zero-order valence-corrected chi connectivity index (χ0v) is 7.66. The molecule has 0 saturated heterocycles. The third-order valence-electron chi connectivity index (χ3n) is 1.49. The Morgan fingerprint density at radius 3 is 2.46 bits per heavy atom. The van der Waals surface area contributed by atoms with Gasteiger partial charge >= 0.3 is 5.97 Å². The van der Waals surface area contributed by atoms with Gasteiger partial charge in [0.15, 0.2) is 0 Å². The van der Waals surface area contributed by atoms with E-state index in [-0.39, 0.29) is 18.8 Å². The van der Waals surface area contributed by atoms with Crippen LogP contribution in [0, 0.1) is 17.8 Å². The molecular weight excluding hydrogens is 172 g/mol. The highest BCUT2D eigenvalue weighted by Crippen LogP contribution is 2.05. The normalized spacial score (nSPS) is 11.0. The number of aliphatic hydroxyl groups excluding tert-OH is 1. The lowest BCUT2D eigenvalue weighted by atomic mass is 10.0. The standard InChI is InChI=1S/C9H12O4/c1-7(11)8(9(12)13-2)5-3-4-6-10/h8,10H,5-6H2,1-2H3. The highest BCUT2D eigenvalue weighted by Gasteiger charge is 2.22. The van der Waals surface area contributed by atoms with Crippen molar-refractivity contribution in [2.75, 3.05) is 13.7 Å². The number of carbonyl (C=O) groups excluding carboxylic acids is 2. The van der Waals surface area contributed by atoms with E-state index in [1.807, 2.05) is 0 Å². The molecule has 0 heterocycles. The van der Waals surface area contributed by atoms with E-state index in [0.717, 1.165) is 0 Å². The van der Waals surface area contributed by atoms with E-state index in [9.17, 15) is 9.59 Å². The molecule has 0 bridgehead atoms. The number of rotatable bonds is 3. The van der Waals surface area contributed by atoms with Gasteiger partial charge in [0.2, 0.25) is 0 Å². The maximum absolute atomic E-state index is 11.0. The molecule has 1 N–H and O–H groups in total. The molecule has 0 aliphatic carbocycles. The first-order valence-corrected chi connectivity index (χ1v) is 3.78. The Bertz CT molecular complexity index is 246. The van der Waals surface area contributed by atoms with Crippen molar-refractivity contribution in [3.63, 3.8) is 0 Å². The van der Waals surface area contributed by atoms with E-state index in [2.05, 4.69) is 16.6 Å². The van der Waals surface area contributed by atoms with Gasteiger partial charge in [-0.25, -0.2) is 0 Å². The molecule has 0 aromatic carbocycles. The van der Waals surface area contributed by atoms with Crippen LogP contribution in [0.5, 0.6) is 0 Å². The minimum atomic E-state index is -0.830. The molecule has 4 nitrogen and oxygen atoms in total. The van der Waals surface area contributed by atoms with Gasteiger partial charge in [-0.1, -0.05) is 11.8 Å². The molecule has 0 aliphatic rings. The number of Topliss-reactive ketones (excluding diaryl/α,β-unsaturated/α-hetero) is 1. The van der Waals surface area contributed by atoms with Crippen LogP contribution in [0.25, 0.3) is 0 Å². The van der Waals surface area contributed by atoms with Crippen LogP contribution in [-0.4, -0.2) is 30.6 Å². The van der Waals surface area contributed by atoms with Gasteiger partial charge in [-0.3, -0.25) is 9.59 Å². The first-order valence-electron chi connectivity index (χ1n) is 3.78. The van der Waals surface area contributed by atoms with Crippen molar-refractivity contribution in [1.82, 2.24) is 0 Å². The average Bonchev–Trinajstić information content (AvgIpc) is 2.11. The number of ketones is 1. The van der Waals surface area contributed by atoms with Gasteiger partial charge in [-0.05, 0) is 6.92 Å². The first-order chi connectivity index (χ1) is 6.13.